The Balaban J connectivity index is 2.59. The highest BCUT2D eigenvalue weighted by molar-refractivity contribution is 6.42. The SMILES string of the molecule is CC(C)(C)C(C#N)c1cnc2cc(Cl)c(Cl)cc2n1. The van der Waals surface area contributed by atoms with Crippen LogP contribution in [0.4, 0.5) is 0 Å². The molecule has 3 nitrogen and oxygen atoms in total. The molecule has 5 heteroatoms. The molecule has 1 heterocycles. The Hall–Kier alpha value is -1.37. The Bertz CT molecular complexity index is 669. The van der Waals surface area contributed by atoms with Crippen LogP contribution in [-0.2, 0) is 0 Å². The normalized spacial score (nSPS) is 13.3. The Morgan fingerprint density at radius 2 is 1.74 bits per heavy atom. The number of fused-ring (bicyclic) bond motifs is 1. The van der Waals surface area contributed by atoms with Crippen molar-refractivity contribution in [3.8, 4) is 6.07 Å². The van der Waals surface area contributed by atoms with Gasteiger partial charge < -0.3 is 0 Å². The zero-order chi connectivity index (χ0) is 14.2. The van der Waals surface area contributed by atoms with Gasteiger partial charge in [-0.15, -0.1) is 0 Å². The molecule has 0 aliphatic carbocycles. The minimum Gasteiger partial charge on any atom is -0.253 e. The van der Waals surface area contributed by atoms with Crippen molar-refractivity contribution in [1.82, 2.24) is 9.97 Å². The summed E-state index contributed by atoms with van der Waals surface area (Å²) in [4.78, 5) is 8.80. The first-order valence-corrected chi connectivity index (χ1v) is 6.60. The number of aromatic nitrogens is 2. The molecule has 1 unspecified atom stereocenters. The largest absolute Gasteiger partial charge is 0.253 e. The Morgan fingerprint density at radius 1 is 1.16 bits per heavy atom. The Labute approximate surface area is 122 Å². The average molecular weight is 294 g/mol. The molecule has 19 heavy (non-hydrogen) atoms. The van der Waals surface area contributed by atoms with Crippen molar-refractivity contribution in [2.45, 2.75) is 26.7 Å². The van der Waals surface area contributed by atoms with Crippen LogP contribution >= 0.6 is 23.2 Å². The van der Waals surface area contributed by atoms with Gasteiger partial charge in [-0.2, -0.15) is 5.26 Å². The fourth-order valence-electron chi connectivity index (χ4n) is 1.86. The van der Waals surface area contributed by atoms with Gasteiger partial charge >= 0.3 is 0 Å². The molecule has 0 radical (unpaired) electrons. The standard InChI is InChI=1S/C14H13Cl2N3/c1-14(2,3)8(6-17)13-7-18-11-4-9(15)10(16)5-12(11)19-13/h4-5,7-8H,1-3H3. The number of halogens is 2. The van der Waals surface area contributed by atoms with Crippen LogP contribution in [0, 0.1) is 16.7 Å². The molecule has 0 bridgehead atoms. The van der Waals surface area contributed by atoms with E-state index < -0.39 is 0 Å². The minimum absolute atomic E-state index is 0.201. The monoisotopic (exact) mass is 293 g/mol. The second-order valence-corrected chi connectivity index (χ2v) is 6.29. The summed E-state index contributed by atoms with van der Waals surface area (Å²) in [6.45, 7) is 6.00. The number of nitriles is 1. The van der Waals surface area contributed by atoms with E-state index in [2.05, 4.69) is 16.0 Å². The maximum Gasteiger partial charge on any atom is 0.0948 e. The molecule has 98 valence electrons. The molecule has 0 spiro atoms. The zero-order valence-electron chi connectivity index (χ0n) is 10.9. The van der Waals surface area contributed by atoms with E-state index in [0.29, 0.717) is 26.8 Å². The third kappa shape index (κ3) is 2.80. The summed E-state index contributed by atoms with van der Waals surface area (Å²) in [5.74, 6) is -0.321. The van der Waals surface area contributed by atoms with Gasteiger partial charge in [-0.05, 0) is 17.5 Å². The second kappa shape index (κ2) is 4.96. The summed E-state index contributed by atoms with van der Waals surface area (Å²) < 4.78 is 0. The van der Waals surface area contributed by atoms with E-state index >= 15 is 0 Å². The predicted octanol–water partition coefficient (Wildman–Crippen LogP) is 4.59. The van der Waals surface area contributed by atoms with Crippen LogP contribution in [0.15, 0.2) is 18.3 Å². The van der Waals surface area contributed by atoms with Crippen LogP contribution in [0.5, 0.6) is 0 Å². The van der Waals surface area contributed by atoms with Gasteiger partial charge in [0.05, 0.1) is 45.0 Å². The quantitative estimate of drug-likeness (QED) is 0.773. The molecule has 0 fully saturated rings. The number of hydrogen-bond donors (Lipinski definition) is 0. The van der Waals surface area contributed by atoms with Crippen LogP contribution in [0.3, 0.4) is 0 Å². The molecule has 0 amide bonds. The lowest BCUT2D eigenvalue weighted by Gasteiger charge is -2.24. The summed E-state index contributed by atoms with van der Waals surface area (Å²) in [7, 11) is 0. The fourth-order valence-corrected chi connectivity index (χ4v) is 2.18. The van der Waals surface area contributed by atoms with Crippen molar-refractivity contribution in [3.63, 3.8) is 0 Å². The van der Waals surface area contributed by atoms with Crippen LogP contribution < -0.4 is 0 Å². The van der Waals surface area contributed by atoms with Crippen molar-refractivity contribution in [3.05, 3.63) is 34.1 Å². The zero-order valence-corrected chi connectivity index (χ0v) is 12.4. The van der Waals surface area contributed by atoms with Gasteiger partial charge in [0.15, 0.2) is 0 Å². The van der Waals surface area contributed by atoms with E-state index in [1.807, 2.05) is 20.8 Å². The first-order chi connectivity index (χ1) is 8.82. The lowest BCUT2D eigenvalue weighted by atomic mass is 9.80. The molecule has 0 aliphatic heterocycles. The first kappa shape index (κ1) is 14.0. The highest BCUT2D eigenvalue weighted by atomic mass is 35.5. The molecule has 0 aliphatic rings. The lowest BCUT2D eigenvalue weighted by molar-refractivity contribution is 0.367. The second-order valence-electron chi connectivity index (χ2n) is 5.48. The van der Waals surface area contributed by atoms with E-state index in [4.69, 9.17) is 23.2 Å². The van der Waals surface area contributed by atoms with Crippen molar-refractivity contribution in [2.75, 3.05) is 0 Å². The van der Waals surface area contributed by atoms with Gasteiger partial charge in [-0.3, -0.25) is 4.98 Å². The van der Waals surface area contributed by atoms with Gasteiger partial charge in [0.25, 0.3) is 0 Å². The van der Waals surface area contributed by atoms with Gasteiger partial charge in [-0.25, -0.2) is 4.98 Å². The van der Waals surface area contributed by atoms with E-state index in [9.17, 15) is 5.26 Å². The maximum absolute atomic E-state index is 9.32. The average Bonchev–Trinajstić information content (AvgIpc) is 2.30. The summed E-state index contributed by atoms with van der Waals surface area (Å²) >= 11 is 11.9. The fraction of sp³-hybridized carbons (Fsp3) is 0.357. The smallest absolute Gasteiger partial charge is 0.0948 e. The van der Waals surface area contributed by atoms with E-state index in [1.54, 1.807) is 18.3 Å². The summed E-state index contributed by atoms with van der Waals surface area (Å²) in [6, 6.07) is 5.64. The number of nitrogens with zero attached hydrogens (tertiary/aromatic N) is 3. The van der Waals surface area contributed by atoms with Crippen LogP contribution in [0.2, 0.25) is 10.0 Å². The molecule has 2 aromatic rings. The molecule has 2 rings (SSSR count). The Morgan fingerprint density at radius 3 is 2.26 bits per heavy atom. The van der Waals surface area contributed by atoms with Gasteiger partial charge in [0, 0.05) is 0 Å². The van der Waals surface area contributed by atoms with Gasteiger partial charge in [-0.1, -0.05) is 44.0 Å². The van der Waals surface area contributed by atoms with Gasteiger partial charge in [0.1, 0.15) is 0 Å². The highest BCUT2D eigenvalue weighted by Crippen LogP contribution is 2.34. The topological polar surface area (TPSA) is 49.6 Å². The van der Waals surface area contributed by atoms with Crippen molar-refractivity contribution >= 4 is 34.2 Å². The van der Waals surface area contributed by atoms with E-state index in [-0.39, 0.29) is 11.3 Å². The number of rotatable bonds is 1. The summed E-state index contributed by atoms with van der Waals surface area (Å²) in [5, 5.41) is 10.2. The molecular formula is C14H13Cl2N3. The van der Waals surface area contributed by atoms with Crippen molar-refractivity contribution in [1.29, 1.82) is 5.26 Å². The molecule has 0 saturated carbocycles. The molecular weight excluding hydrogens is 281 g/mol. The molecule has 1 aromatic carbocycles. The summed E-state index contributed by atoms with van der Waals surface area (Å²) in [6.07, 6.45) is 1.63. The maximum atomic E-state index is 9.32. The highest BCUT2D eigenvalue weighted by Gasteiger charge is 2.27. The molecule has 0 saturated heterocycles. The third-order valence-corrected chi connectivity index (χ3v) is 3.62. The van der Waals surface area contributed by atoms with Gasteiger partial charge in [0.2, 0.25) is 0 Å². The van der Waals surface area contributed by atoms with E-state index in [0.717, 1.165) is 0 Å². The van der Waals surface area contributed by atoms with E-state index in [1.165, 1.54) is 0 Å². The number of hydrogen-bond acceptors (Lipinski definition) is 3. The molecule has 1 aromatic heterocycles. The predicted molar refractivity (Wildman–Crippen MR) is 77.4 cm³/mol. The van der Waals surface area contributed by atoms with Crippen LogP contribution in [0.1, 0.15) is 32.4 Å². The Kier molecular flexibility index (Phi) is 3.66. The van der Waals surface area contributed by atoms with Crippen molar-refractivity contribution in [2.24, 2.45) is 5.41 Å². The van der Waals surface area contributed by atoms with Crippen molar-refractivity contribution < 1.29 is 0 Å². The lowest BCUT2D eigenvalue weighted by Crippen LogP contribution is -2.18. The van der Waals surface area contributed by atoms with Crippen LogP contribution in [0.25, 0.3) is 11.0 Å². The first-order valence-electron chi connectivity index (χ1n) is 5.84. The molecule has 1 atom stereocenters. The minimum atomic E-state index is -0.321. The summed E-state index contributed by atoms with van der Waals surface area (Å²) in [5.41, 5.74) is 1.77. The molecule has 0 N–H and O–H groups in total. The van der Waals surface area contributed by atoms with Crippen LogP contribution in [-0.4, -0.2) is 9.97 Å². The number of benzene rings is 1. The third-order valence-electron chi connectivity index (χ3n) is 2.89.